The molecule has 9 heteroatoms. The number of aromatic nitrogens is 3. The fourth-order valence-electron chi connectivity index (χ4n) is 3.67. The van der Waals surface area contributed by atoms with E-state index in [1.165, 1.54) is 6.33 Å². The lowest BCUT2D eigenvalue weighted by Crippen LogP contribution is -2.28. The van der Waals surface area contributed by atoms with Gasteiger partial charge in [0.15, 0.2) is 5.88 Å². The number of carbonyl (C=O) groups excluding carboxylic acids is 1. The average Bonchev–Trinajstić information content (AvgIpc) is 3.12. The molecule has 1 aromatic carbocycles. The first kappa shape index (κ1) is 21.6. The van der Waals surface area contributed by atoms with Crippen molar-refractivity contribution >= 4 is 34.7 Å². The van der Waals surface area contributed by atoms with Crippen LogP contribution in [0.4, 0.5) is 11.5 Å². The van der Waals surface area contributed by atoms with E-state index in [0.717, 1.165) is 31.4 Å². The van der Waals surface area contributed by atoms with Crippen LogP contribution >= 0.6 is 0 Å². The SMILES string of the molecule is CN1CCCNc2ncnc3[nH]c(O)c(c23)C=Nc2cccc(c2)OCCCCCC1=O. The van der Waals surface area contributed by atoms with Crippen LogP contribution in [0.1, 0.15) is 37.7 Å². The molecule has 3 aromatic rings. The predicted octanol–water partition coefficient (Wildman–Crippen LogP) is 3.63. The molecule has 9 nitrogen and oxygen atoms in total. The molecule has 4 rings (SSSR count). The highest BCUT2D eigenvalue weighted by Gasteiger charge is 2.15. The second kappa shape index (κ2) is 10.1. The van der Waals surface area contributed by atoms with Gasteiger partial charge in [0.05, 0.1) is 23.2 Å². The summed E-state index contributed by atoms with van der Waals surface area (Å²) >= 11 is 0. The Hall–Kier alpha value is -3.62. The smallest absolute Gasteiger partial charge is 0.222 e. The van der Waals surface area contributed by atoms with Crippen LogP contribution < -0.4 is 10.1 Å². The maximum atomic E-state index is 12.3. The molecule has 1 aliphatic heterocycles. The van der Waals surface area contributed by atoms with Gasteiger partial charge in [-0.15, -0.1) is 0 Å². The minimum absolute atomic E-state index is 0.0211. The molecule has 2 aromatic heterocycles. The lowest BCUT2D eigenvalue weighted by Gasteiger charge is -2.17. The summed E-state index contributed by atoms with van der Waals surface area (Å²) in [5.41, 5.74) is 1.75. The summed E-state index contributed by atoms with van der Waals surface area (Å²) in [5, 5.41) is 14.4. The number of anilines is 1. The zero-order valence-corrected chi connectivity index (χ0v) is 18.2. The van der Waals surface area contributed by atoms with Crippen LogP contribution in [0, 0.1) is 0 Å². The van der Waals surface area contributed by atoms with Gasteiger partial charge in [0.1, 0.15) is 23.5 Å². The topological polar surface area (TPSA) is 116 Å². The molecule has 0 fully saturated rings. The molecule has 0 saturated carbocycles. The van der Waals surface area contributed by atoms with Crippen molar-refractivity contribution in [2.45, 2.75) is 32.1 Å². The van der Waals surface area contributed by atoms with Gasteiger partial charge in [-0.3, -0.25) is 9.79 Å². The van der Waals surface area contributed by atoms with E-state index in [0.29, 0.717) is 54.2 Å². The maximum Gasteiger partial charge on any atom is 0.222 e. The molecule has 0 radical (unpaired) electrons. The van der Waals surface area contributed by atoms with Crippen molar-refractivity contribution in [3.63, 3.8) is 0 Å². The zero-order chi connectivity index (χ0) is 22.3. The summed E-state index contributed by atoms with van der Waals surface area (Å²) in [5.74, 6) is 1.48. The number of nitrogens with zero attached hydrogens (tertiary/aromatic N) is 4. The van der Waals surface area contributed by atoms with Crippen molar-refractivity contribution in [3.8, 4) is 11.6 Å². The third kappa shape index (κ3) is 5.16. The van der Waals surface area contributed by atoms with Gasteiger partial charge in [0, 0.05) is 38.8 Å². The number of ether oxygens (including phenoxy) is 1. The highest BCUT2D eigenvalue weighted by molar-refractivity contribution is 6.06. The van der Waals surface area contributed by atoms with Gasteiger partial charge < -0.3 is 25.0 Å². The first-order chi connectivity index (χ1) is 15.6. The number of rotatable bonds is 0. The number of amides is 1. The predicted molar refractivity (Wildman–Crippen MR) is 124 cm³/mol. The van der Waals surface area contributed by atoms with Crippen molar-refractivity contribution in [3.05, 3.63) is 36.2 Å². The van der Waals surface area contributed by atoms with E-state index in [9.17, 15) is 9.90 Å². The van der Waals surface area contributed by atoms with E-state index in [1.807, 2.05) is 31.3 Å². The van der Waals surface area contributed by atoms with Crippen molar-refractivity contribution in [2.75, 3.05) is 32.1 Å². The zero-order valence-electron chi connectivity index (χ0n) is 18.2. The van der Waals surface area contributed by atoms with Crippen LogP contribution in [-0.2, 0) is 4.79 Å². The molecular weight excluding hydrogens is 408 g/mol. The van der Waals surface area contributed by atoms with Gasteiger partial charge >= 0.3 is 0 Å². The Labute approximate surface area is 186 Å². The van der Waals surface area contributed by atoms with E-state index in [2.05, 4.69) is 25.3 Å². The summed E-state index contributed by atoms with van der Waals surface area (Å²) in [7, 11) is 1.84. The first-order valence-electron chi connectivity index (χ1n) is 10.9. The number of carbonyl (C=O) groups is 1. The van der Waals surface area contributed by atoms with Crippen LogP contribution in [0.15, 0.2) is 35.6 Å². The number of fused-ring (bicyclic) bond motifs is 2. The maximum absolute atomic E-state index is 12.3. The van der Waals surface area contributed by atoms with Crippen LogP contribution in [0.3, 0.4) is 0 Å². The van der Waals surface area contributed by atoms with Crippen molar-refractivity contribution in [2.24, 2.45) is 4.99 Å². The van der Waals surface area contributed by atoms with Crippen molar-refractivity contribution < 1.29 is 14.6 Å². The average molecular weight is 437 g/mol. The molecule has 0 aliphatic carbocycles. The largest absolute Gasteiger partial charge is 0.494 e. The van der Waals surface area contributed by atoms with E-state index < -0.39 is 0 Å². The number of aromatic hydroxyl groups is 1. The number of hydrogen-bond acceptors (Lipinski definition) is 7. The van der Waals surface area contributed by atoms with E-state index in [4.69, 9.17) is 4.74 Å². The number of H-pyrrole nitrogens is 1. The molecule has 168 valence electrons. The Morgan fingerprint density at radius 2 is 2.06 bits per heavy atom. The fraction of sp³-hybridized carbons (Fsp3) is 0.391. The van der Waals surface area contributed by atoms with Crippen LogP contribution in [0.5, 0.6) is 11.6 Å². The minimum Gasteiger partial charge on any atom is -0.494 e. The lowest BCUT2D eigenvalue weighted by atomic mass is 10.2. The van der Waals surface area contributed by atoms with E-state index in [-0.39, 0.29) is 11.8 Å². The summed E-state index contributed by atoms with van der Waals surface area (Å²) in [6.07, 6.45) is 7.05. The van der Waals surface area contributed by atoms with E-state index in [1.54, 1.807) is 11.1 Å². The number of benzene rings is 1. The van der Waals surface area contributed by atoms with Gasteiger partial charge in [-0.25, -0.2) is 9.97 Å². The molecule has 2 bridgehead atoms. The minimum atomic E-state index is -0.0211. The summed E-state index contributed by atoms with van der Waals surface area (Å²) < 4.78 is 5.84. The Morgan fingerprint density at radius 1 is 1.16 bits per heavy atom. The third-order valence-corrected chi connectivity index (χ3v) is 5.46. The Kier molecular flexibility index (Phi) is 6.84. The molecule has 3 heterocycles. The van der Waals surface area contributed by atoms with Gasteiger partial charge in [0.2, 0.25) is 5.91 Å². The Morgan fingerprint density at radius 3 is 2.97 bits per heavy atom. The summed E-state index contributed by atoms with van der Waals surface area (Å²) in [4.78, 5) is 30.1. The Balaban J connectivity index is 1.62. The van der Waals surface area contributed by atoms with Crippen molar-refractivity contribution in [1.29, 1.82) is 0 Å². The van der Waals surface area contributed by atoms with Crippen molar-refractivity contribution in [1.82, 2.24) is 19.9 Å². The van der Waals surface area contributed by atoms with Crippen LogP contribution in [0.25, 0.3) is 11.0 Å². The molecule has 1 amide bonds. The summed E-state index contributed by atoms with van der Waals surface area (Å²) in [6.45, 7) is 1.88. The number of hydrogen-bond donors (Lipinski definition) is 3. The molecule has 0 spiro atoms. The molecule has 32 heavy (non-hydrogen) atoms. The van der Waals surface area contributed by atoms with Gasteiger partial charge in [-0.2, -0.15) is 0 Å². The quantitative estimate of drug-likeness (QED) is 0.496. The van der Waals surface area contributed by atoms with Gasteiger partial charge in [-0.05, 0) is 37.8 Å². The lowest BCUT2D eigenvalue weighted by molar-refractivity contribution is -0.130. The molecule has 1 aliphatic rings. The molecular formula is C23H28N6O3. The molecule has 0 saturated heterocycles. The molecule has 3 N–H and O–H groups in total. The summed E-state index contributed by atoms with van der Waals surface area (Å²) in [6, 6.07) is 7.50. The number of nitrogens with one attached hydrogen (secondary N) is 2. The van der Waals surface area contributed by atoms with Gasteiger partial charge in [0.25, 0.3) is 0 Å². The van der Waals surface area contributed by atoms with Gasteiger partial charge in [-0.1, -0.05) is 6.07 Å². The van der Waals surface area contributed by atoms with E-state index >= 15 is 0 Å². The second-order valence-corrected chi connectivity index (χ2v) is 7.84. The van der Waals surface area contributed by atoms with Crippen LogP contribution in [0.2, 0.25) is 0 Å². The second-order valence-electron chi connectivity index (χ2n) is 7.84. The fourth-order valence-corrected chi connectivity index (χ4v) is 3.67. The normalized spacial score (nSPS) is 16.4. The highest BCUT2D eigenvalue weighted by Crippen LogP contribution is 2.30. The standard InChI is InChI=1S/C23H28N6O3/c1-29-11-6-10-24-21-20-18(23(31)28-22(20)27-15-26-21)14-25-16-7-5-8-17(13-16)32-12-4-2-3-9-19(29)30/h5,7-8,13-15,31H,2-4,6,9-12H2,1H3,(H2,24,26,27,28). The molecule has 0 atom stereocenters. The first-order valence-corrected chi connectivity index (χ1v) is 10.9. The Bertz CT molecular complexity index is 1110. The third-order valence-electron chi connectivity index (χ3n) is 5.46. The van der Waals surface area contributed by atoms with Crippen LogP contribution in [-0.4, -0.2) is 63.8 Å². The highest BCUT2D eigenvalue weighted by atomic mass is 16.5. The number of aromatic amines is 1. The number of aliphatic imine (C=N–C) groups is 1. The monoisotopic (exact) mass is 436 g/mol. The molecule has 0 unspecified atom stereocenters.